The molecule has 0 saturated heterocycles. The van der Waals surface area contributed by atoms with Crippen LogP contribution in [-0.4, -0.2) is 28.6 Å². The summed E-state index contributed by atoms with van der Waals surface area (Å²) in [5, 5.41) is 6.95. The molecule has 0 spiro atoms. The van der Waals surface area contributed by atoms with Gasteiger partial charge < -0.3 is 15.4 Å². The van der Waals surface area contributed by atoms with Crippen LogP contribution in [0.2, 0.25) is 5.02 Å². The summed E-state index contributed by atoms with van der Waals surface area (Å²) < 4.78 is 5.08. The minimum atomic E-state index is 0.275. The number of rotatable bonds is 7. The van der Waals surface area contributed by atoms with Gasteiger partial charge in [0, 0.05) is 18.1 Å². The summed E-state index contributed by atoms with van der Waals surface area (Å²) in [7, 11) is 1.53. The first kappa shape index (κ1) is 15.3. The van der Waals surface area contributed by atoms with Crippen LogP contribution in [0.1, 0.15) is 18.9 Å². The van der Waals surface area contributed by atoms with Gasteiger partial charge in [0.1, 0.15) is 0 Å². The van der Waals surface area contributed by atoms with Crippen molar-refractivity contribution in [1.29, 1.82) is 0 Å². The molecule has 2 rings (SSSR count). The van der Waals surface area contributed by atoms with Crippen LogP contribution < -0.4 is 15.4 Å². The Morgan fingerprint density at radius 2 is 1.90 bits per heavy atom. The molecule has 0 fully saturated rings. The van der Waals surface area contributed by atoms with Gasteiger partial charge in [0.25, 0.3) is 0 Å². The molecule has 1 heterocycles. The average Bonchev–Trinajstić information content (AvgIpc) is 2.51. The summed E-state index contributed by atoms with van der Waals surface area (Å²) >= 11 is 5.96. The molecule has 6 nitrogen and oxygen atoms in total. The summed E-state index contributed by atoms with van der Waals surface area (Å²) in [6.07, 6.45) is 0.985. The SMILES string of the molecule is CCCNc1nc(NCc2cccc(Cl)c2)nc(OC)n1. The standard InChI is InChI=1S/C14H18ClN5O/c1-3-7-16-12-18-13(20-14(19-12)21-2)17-9-10-5-4-6-11(15)8-10/h4-6,8H,3,7,9H2,1-2H3,(H2,16,17,18,19,20). The molecule has 2 aromatic rings. The van der Waals surface area contributed by atoms with Crippen molar-refractivity contribution in [1.82, 2.24) is 15.0 Å². The highest BCUT2D eigenvalue weighted by Crippen LogP contribution is 2.14. The zero-order valence-corrected chi connectivity index (χ0v) is 12.8. The van der Waals surface area contributed by atoms with E-state index in [1.165, 1.54) is 7.11 Å². The zero-order chi connectivity index (χ0) is 15.1. The fourth-order valence-corrected chi connectivity index (χ4v) is 1.88. The Morgan fingerprint density at radius 1 is 1.14 bits per heavy atom. The van der Waals surface area contributed by atoms with Gasteiger partial charge in [0.2, 0.25) is 11.9 Å². The molecule has 0 aliphatic rings. The molecule has 1 aromatic heterocycles. The second-order valence-corrected chi connectivity index (χ2v) is 4.82. The predicted molar refractivity (Wildman–Crippen MR) is 83.9 cm³/mol. The van der Waals surface area contributed by atoms with Crippen LogP contribution in [0.3, 0.4) is 0 Å². The zero-order valence-electron chi connectivity index (χ0n) is 12.1. The van der Waals surface area contributed by atoms with E-state index in [2.05, 4.69) is 32.5 Å². The number of hydrogen-bond donors (Lipinski definition) is 2. The largest absolute Gasteiger partial charge is 0.467 e. The number of nitrogens with zero attached hydrogens (tertiary/aromatic N) is 3. The van der Waals surface area contributed by atoms with Crippen molar-refractivity contribution >= 4 is 23.5 Å². The van der Waals surface area contributed by atoms with E-state index in [0.29, 0.717) is 23.5 Å². The van der Waals surface area contributed by atoms with E-state index < -0.39 is 0 Å². The van der Waals surface area contributed by atoms with Crippen molar-refractivity contribution in [3.8, 4) is 6.01 Å². The fourth-order valence-electron chi connectivity index (χ4n) is 1.67. The van der Waals surface area contributed by atoms with Gasteiger partial charge in [-0.05, 0) is 24.1 Å². The van der Waals surface area contributed by atoms with Gasteiger partial charge in [-0.2, -0.15) is 15.0 Å². The van der Waals surface area contributed by atoms with Crippen LogP contribution in [0.4, 0.5) is 11.9 Å². The topological polar surface area (TPSA) is 72.0 Å². The molecule has 0 amide bonds. The molecule has 21 heavy (non-hydrogen) atoms. The van der Waals surface area contributed by atoms with Crippen LogP contribution in [0.5, 0.6) is 6.01 Å². The van der Waals surface area contributed by atoms with Gasteiger partial charge >= 0.3 is 6.01 Å². The molecule has 1 aromatic carbocycles. The van der Waals surface area contributed by atoms with Gasteiger partial charge in [-0.3, -0.25) is 0 Å². The smallest absolute Gasteiger partial charge is 0.322 e. The van der Waals surface area contributed by atoms with Crippen LogP contribution in [0.25, 0.3) is 0 Å². The molecule has 0 aliphatic heterocycles. The summed E-state index contributed by atoms with van der Waals surface area (Å²) in [5.41, 5.74) is 1.05. The van der Waals surface area contributed by atoms with Crippen molar-refractivity contribution in [3.05, 3.63) is 34.9 Å². The first-order valence-corrected chi connectivity index (χ1v) is 7.11. The van der Waals surface area contributed by atoms with E-state index in [9.17, 15) is 0 Å². The summed E-state index contributed by atoms with van der Waals surface area (Å²) in [6.45, 7) is 3.44. The number of benzene rings is 1. The maximum absolute atomic E-state index is 5.96. The monoisotopic (exact) mass is 307 g/mol. The van der Waals surface area contributed by atoms with Crippen molar-refractivity contribution < 1.29 is 4.74 Å². The Hall–Kier alpha value is -2.08. The first-order valence-electron chi connectivity index (χ1n) is 6.73. The molecule has 2 N–H and O–H groups in total. The third-order valence-corrected chi connectivity index (χ3v) is 2.91. The first-order chi connectivity index (χ1) is 10.2. The summed E-state index contributed by atoms with van der Waals surface area (Å²) in [4.78, 5) is 12.6. The van der Waals surface area contributed by atoms with Crippen molar-refractivity contribution in [2.75, 3.05) is 24.3 Å². The van der Waals surface area contributed by atoms with E-state index in [1.807, 2.05) is 24.3 Å². The number of aromatic nitrogens is 3. The van der Waals surface area contributed by atoms with E-state index in [1.54, 1.807) is 0 Å². The molecule has 0 radical (unpaired) electrons. The predicted octanol–water partition coefficient (Wildman–Crippen LogP) is 2.97. The number of halogens is 1. The second-order valence-electron chi connectivity index (χ2n) is 4.38. The second kappa shape index (κ2) is 7.64. The normalized spacial score (nSPS) is 10.2. The minimum absolute atomic E-state index is 0.275. The lowest BCUT2D eigenvalue weighted by Crippen LogP contribution is -2.10. The highest BCUT2D eigenvalue weighted by molar-refractivity contribution is 6.30. The van der Waals surface area contributed by atoms with Gasteiger partial charge in [-0.25, -0.2) is 0 Å². The number of hydrogen-bond acceptors (Lipinski definition) is 6. The van der Waals surface area contributed by atoms with Gasteiger partial charge in [0.15, 0.2) is 0 Å². The Morgan fingerprint density at radius 3 is 2.57 bits per heavy atom. The lowest BCUT2D eigenvalue weighted by Gasteiger charge is -2.09. The molecular weight excluding hydrogens is 290 g/mol. The Balaban J connectivity index is 2.07. The Kier molecular flexibility index (Phi) is 5.57. The molecule has 0 aliphatic carbocycles. The molecule has 112 valence electrons. The maximum Gasteiger partial charge on any atom is 0.322 e. The maximum atomic E-state index is 5.96. The van der Waals surface area contributed by atoms with E-state index in [0.717, 1.165) is 18.5 Å². The van der Waals surface area contributed by atoms with E-state index in [-0.39, 0.29) is 6.01 Å². The van der Waals surface area contributed by atoms with Crippen LogP contribution in [0.15, 0.2) is 24.3 Å². The lowest BCUT2D eigenvalue weighted by molar-refractivity contribution is 0.379. The quantitative estimate of drug-likeness (QED) is 0.819. The number of ether oxygens (including phenoxy) is 1. The molecule has 0 saturated carbocycles. The Bertz CT molecular complexity index is 593. The minimum Gasteiger partial charge on any atom is -0.467 e. The summed E-state index contributed by atoms with van der Waals surface area (Å²) in [5.74, 6) is 0.956. The highest BCUT2D eigenvalue weighted by atomic mass is 35.5. The van der Waals surface area contributed by atoms with Crippen molar-refractivity contribution in [3.63, 3.8) is 0 Å². The Labute approximate surface area is 128 Å². The van der Waals surface area contributed by atoms with Crippen LogP contribution in [-0.2, 0) is 6.54 Å². The molecule has 7 heteroatoms. The van der Waals surface area contributed by atoms with E-state index in [4.69, 9.17) is 16.3 Å². The third kappa shape index (κ3) is 4.75. The highest BCUT2D eigenvalue weighted by Gasteiger charge is 2.06. The van der Waals surface area contributed by atoms with Crippen molar-refractivity contribution in [2.24, 2.45) is 0 Å². The average molecular weight is 308 g/mol. The lowest BCUT2D eigenvalue weighted by atomic mass is 10.2. The van der Waals surface area contributed by atoms with Gasteiger partial charge in [-0.15, -0.1) is 0 Å². The van der Waals surface area contributed by atoms with E-state index >= 15 is 0 Å². The van der Waals surface area contributed by atoms with Gasteiger partial charge in [0.05, 0.1) is 7.11 Å². The molecule has 0 unspecified atom stereocenters. The van der Waals surface area contributed by atoms with Crippen LogP contribution in [0, 0.1) is 0 Å². The number of nitrogens with one attached hydrogen (secondary N) is 2. The van der Waals surface area contributed by atoms with Gasteiger partial charge in [-0.1, -0.05) is 30.7 Å². The number of methoxy groups -OCH3 is 1. The third-order valence-electron chi connectivity index (χ3n) is 2.67. The molecule has 0 atom stereocenters. The van der Waals surface area contributed by atoms with Crippen molar-refractivity contribution in [2.45, 2.75) is 19.9 Å². The number of anilines is 2. The molecular formula is C14H18ClN5O. The molecule has 0 bridgehead atoms. The van der Waals surface area contributed by atoms with Crippen LogP contribution >= 0.6 is 11.6 Å². The fraction of sp³-hybridized carbons (Fsp3) is 0.357. The summed E-state index contributed by atoms with van der Waals surface area (Å²) in [6, 6.07) is 7.89.